The maximum Gasteiger partial charge on any atom is 0.188 e. The van der Waals surface area contributed by atoms with E-state index in [1.165, 1.54) is 18.2 Å². The molecule has 0 bridgehead atoms. The molecule has 0 unspecified atom stereocenters. The van der Waals surface area contributed by atoms with Gasteiger partial charge in [0.2, 0.25) is 0 Å². The fraction of sp³-hybridized carbons (Fsp3) is 0.154. The Morgan fingerprint density at radius 3 is 2.86 bits per heavy atom. The minimum absolute atomic E-state index is 0.0396. The largest absolute Gasteiger partial charge is 0.384 e. The summed E-state index contributed by atoms with van der Waals surface area (Å²) in [7, 11) is -3.45. The van der Waals surface area contributed by atoms with E-state index in [2.05, 4.69) is 10.2 Å². The van der Waals surface area contributed by atoms with Crippen molar-refractivity contribution in [1.29, 1.82) is 0 Å². The molecule has 110 valence electrons. The molecule has 0 aliphatic rings. The van der Waals surface area contributed by atoms with Crippen molar-refractivity contribution in [3.63, 3.8) is 0 Å². The molecule has 0 saturated carbocycles. The highest BCUT2D eigenvalue weighted by atomic mass is 32.2. The van der Waals surface area contributed by atoms with Crippen molar-refractivity contribution in [3.05, 3.63) is 30.1 Å². The molecule has 0 fully saturated rings. The molecule has 0 spiro atoms. The van der Waals surface area contributed by atoms with Crippen molar-refractivity contribution in [1.82, 2.24) is 10.2 Å². The van der Waals surface area contributed by atoms with Crippen LogP contribution in [-0.2, 0) is 9.84 Å². The molecule has 8 heteroatoms. The Bertz CT molecular complexity index is 928. The summed E-state index contributed by atoms with van der Waals surface area (Å²) in [6.45, 7) is 1.57. The molecular weight excluding hydrogens is 313 g/mol. The van der Waals surface area contributed by atoms with Crippen molar-refractivity contribution >= 4 is 37.2 Å². The Labute approximate surface area is 124 Å². The molecule has 0 saturated heterocycles. The highest BCUT2D eigenvalue weighted by molar-refractivity contribution is 7.93. The smallest absolute Gasteiger partial charge is 0.188 e. The average Bonchev–Trinajstić information content (AvgIpc) is 3.00. The van der Waals surface area contributed by atoms with Gasteiger partial charge in [-0.25, -0.2) is 12.8 Å². The predicted molar refractivity (Wildman–Crippen MR) is 81.5 cm³/mol. The van der Waals surface area contributed by atoms with Gasteiger partial charge in [0.1, 0.15) is 20.7 Å². The monoisotopic (exact) mass is 325 g/mol. The number of anilines is 1. The minimum atomic E-state index is -3.45. The van der Waals surface area contributed by atoms with Gasteiger partial charge in [-0.3, -0.25) is 5.10 Å². The van der Waals surface area contributed by atoms with Gasteiger partial charge in [-0.15, -0.1) is 11.3 Å². The number of nitrogens with zero attached hydrogens (tertiary/aromatic N) is 1. The first-order valence-corrected chi connectivity index (χ1v) is 8.66. The van der Waals surface area contributed by atoms with Gasteiger partial charge in [-0.1, -0.05) is 19.1 Å². The summed E-state index contributed by atoms with van der Waals surface area (Å²) < 4.78 is 38.3. The van der Waals surface area contributed by atoms with Crippen LogP contribution in [-0.4, -0.2) is 24.4 Å². The van der Waals surface area contributed by atoms with Gasteiger partial charge in [0.25, 0.3) is 0 Å². The molecule has 3 N–H and O–H groups in total. The number of halogens is 1. The number of hydrogen-bond donors (Lipinski definition) is 2. The van der Waals surface area contributed by atoms with Crippen LogP contribution in [0.4, 0.5) is 10.2 Å². The van der Waals surface area contributed by atoms with Crippen LogP contribution in [0.1, 0.15) is 6.92 Å². The zero-order chi connectivity index (χ0) is 15.2. The summed E-state index contributed by atoms with van der Waals surface area (Å²) in [6, 6.07) is 5.79. The Balaban J connectivity index is 2.43. The molecule has 2 heterocycles. The van der Waals surface area contributed by atoms with Gasteiger partial charge < -0.3 is 5.73 Å². The van der Waals surface area contributed by atoms with E-state index < -0.39 is 15.7 Å². The van der Waals surface area contributed by atoms with Crippen LogP contribution in [0.2, 0.25) is 0 Å². The van der Waals surface area contributed by atoms with Crippen LogP contribution < -0.4 is 5.73 Å². The first kappa shape index (κ1) is 14.0. The third kappa shape index (κ3) is 2.20. The van der Waals surface area contributed by atoms with Crippen LogP contribution >= 0.6 is 11.3 Å². The molecule has 5 nitrogen and oxygen atoms in total. The lowest BCUT2D eigenvalue weighted by Crippen LogP contribution is -2.03. The first-order valence-electron chi connectivity index (χ1n) is 6.19. The zero-order valence-corrected chi connectivity index (χ0v) is 12.7. The van der Waals surface area contributed by atoms with E-state index in [0.29, 0.717) is 21.3 Å². The maximum atomic E-state index is 13.5. The van der Waals surface area contributed by atoms with Crippen molar-refractivity contribution in [2.75, 3.05) is 11.5 Å². The van der Waals surface area contributed by atoms with E-state index in [4.69, 9.17) is 5.73 Å². The van der Waals surface area contributed by atoms with Crippen LogP contribution in [0.3, 0.4) is 0 Å². The lowest BCUT2D eigenvalue weighted by molar-refractivity contribution is 0.599. The SMILES string of the molecule is CCS(=O)(=O)c1sc2n[nH]c(N)c2c1-c1cccc(F)c1. The highest BCUT2D eigenvalue weighted by Gasteiger charge is 2.26. The van der Waals surface area contributed by atoms with Crippen molar-refractivity contribution in [3.8, 4) is 11.1 Å². The number of sulfone groups is 1. The van der Waals surface area contributed by atoms with E-state index in [9.17, 15) is 12.8 Å². The van der Waals surface area contributed by atoms with E-state index in [-0.39, 0.29) is 15.8 Å². The van der Waals surface area contributed by atoms with Crippen LogP contribution in [0.15, 0.2) is 28.5 Å². The van der Waals surface area contributed by atoms with Crippen molar-refractivity contribution in [2.24, 2.45) is 0 Å². The number of aromatic amines is 1. The van der Waals surface area contributed by atoms with Gasteiger partial charge in [0.15, 0.2) is 9.84 Å². The molecular formula is C13H12FN3O2S2. The van der Waals surface area contributed by atoms with Crippen LogP contribution in [0.25, 0.3) is 21.3 Å². The predicted octanol–water partition coefficient (Wildman–Crippen LogP) is 2.81. The molecule has 0 aliphatic heterocycles. The van der Waals surface area contributed by atoms with Gasteiger partial charge in [0, 0.05) is 5.56 Å². The summed E-state index contributed by atoms with van der Waals surface area (Å²) in [5.41, 5.74) is 6.74. The standard InChI is InChI=1S/C13H12FN3O2S2/c1-2-21(18,19)13-9(7-4-3-5-8(14)6-7)10-11(15)16-17-12(10)20-13/h3-6H,2H2,1H3,(H3,15,16,17). The lowest BCUT2D eigenvalue weighted by Gasteiger charge is -2.05. The van der Waals surface area contributed by atoms with Gasteiger partial charge in [0.05, 0.1) is 11.1 Å². The average molecular weight is 325 g/mol. The number of nitrogen functional groups attached to an aromatic ring is 1. The summed E-state index contributed by atoms with van der Waals surface area (Å²) >= 11 is 1.04. The molecule has 0 atom stereocenters. The van der Waals surface area contributed by atoms with E-state index in [1.807, 2.05) is 0 Å². The number of benzene rings is 1. The number of rotatable bonds is 3. The number of nitrogens with two attached hydrogens (primary N) is 1. The topological polar surface area (TPSA) is 88.8 Å². The Hall–Kier alpha value is -1.93. The van der Waals surface area contributed by atoms with E-state index in [1.54, 1.807) is 13.0 Å². The van der Waals surface area contributed by atoms with Gasteiger partial charge in [-0.05, 0) is 17.7 Å². The molecule has 3 aromatic rings. The van der Waals surface area contributed by atoms with Gasteiger partial charge in [-0.2, -0.15) is 5.10 Å². The fourth-order valence-corrected chi connectivity index (χ4v) is 4.94. The minimum Gasteiger partial charge on any atom is -0.384 e. The molecule has 1 aromatic carbocycles. The van der Waals surface area contributed by atoms with Crippen molar-refractivity contribution in [2.45, 2.75) is 11.1 Å². The van der Waals surface area contributed by atoms with Crippen molar-refractivity contribution < 1.29 is 12.8 Å². The van der Waals surface area contributed by atoms with E-state index in [0.717, 1.165) is 11.3 Å². The number of nitrogens with one attached hydrogen (secondary N) is 1. The Morgan fingerprint density at radius 1 is 1.43 bits per heavy atom. The second kappa shape index (κ2) is 4.81. The second-order valence-corrected chi connectivity index (χ2v) is 7.97. The second-order valence-electron chi connectivity index (χ2n) is 4.50. The number of H-pyrrole nitrogens is 1. The van der Waals surface area contributed by atoms with Gasteiger partial charge >= 0.3 is 0 Å². The van der Waals surface area contributed by atoms with Crippen LogP contribution in [0, 0.1) is 5.82 Å². The van der Waals surface area contributed by atoms with E-state index >= 15 is 0 Å². The van der Waals surface area contributed by atoms with Crippen LogP contribution in [0.5, 0.6) is 0 Å². The molecule has 0 amide bonds. The first-order chi connectivity index (χ1) is 9.94. The third-order valence-corrected chi connectivity index (χ3v) is 6.60. The Kier molecular flexibility index (Phi) is 3.22. The molecule has 0 aliphatic carbocycles. The quantitative estimate of drug-likeness (QED) is 0.775. The summed E-state index contributed by atoms with van der Waals surface area (Å²) in [4.78, 5) is 0.499. The molecule has 21 heavy (non-hydrogen) atoms. The maximum absolute atomic E-state index is 13.5. The molecule has 3 rings (SSSR count). The molecule has 2 aromatic heterocycles. The molecule has 0 radical (unpaired) electrons. The summed E-state index contributed by atoms with van der Waals surface area (Å²) in [5, 5.41) is 7.16. The summed E-state index contributed by atoms with van der Waals surface area (Å²) in [6.07, 6.45) is 0. The summed E-state index contributed by atoms with van der Waals surface area (Å²) in [5.74, 6) is -0.200. The number of fused-ring (bicyclic) bond motifs is 1. The third-order valence-electron chi connectivity index (χ3n) is 3.18. The fourth-order valence-electron chi connectivity index (χ4n) is 2.15. The number of aromatic nitrogens is 2. The zero-order valence-electron chi connectivity index (χ0n) is 11.1. The highest BCUT2D eigenvalue weighted by Crippen LogP contribution is 2.43. The Morgan fingerprint density at radius 2 is 2.19 bits per heavy atom. The lowest BCUT2D eigenvalue weighted by atomic mass is 10.1. The number of hydrogen-bond acceptors (Lipinski definition) is 5. The number of thiophene rings is 1. The normalized spacial score (nSPS) is 12.1.